The van der Waals surface area contributed by atoms with Gasteiger partial charge in [0.15, 0.2) is 0 Å². The van der Waals surface area contributed by atoms with E-state index >= 15 is 0 Å². The van der Waals surface area contributed by atoms with E-state index in [9.17, 15) is 4.79 Å². The van der Waals surface area contributed by atoms with Gasteiger partial charge in [-0.1, -0.05) is 15.9 Å². The van der Waals surface area contributed by atoms with Gasteiger partial charge in [0.25, 0.3) is 5.91 Å². The molecule has 18 heavy (non-hydrogen) atoms. The first-order chi connectivity index (χ1) is 8.56. The maximum absolute atomic E-state index is 12.0. The molecular weight excluding hydrogens is 362 g/mol. The minimum Gasteiger partial charge on any atom is -0.383 e. The highest BCUT2D eigenvalue weighted by molar-refractivity contribution is 9.10. The Morgan fingerprint density at radius 3 is 2.50 bits per heavy atom. The van der Waals surface area contributed by atoms with E-state index in [1.165, 1.54) is 0 Å². The smallest absolute Gasteiger partial charge is 0.259 e. The Hall–Kier alpha value is -1.40. The molecule has 1 heterocycles. The molecule has 0 spiro atoms. The number of halogens is 2. The number of aromatic nitrogens is 1. The molecule has 6 heteroatoms. The van der Waals surface area contributed by atoms with Crippen LogP contribution in [0.25, 0.3) is 0 Å². The van der Waals surface area contributed by atoms with Gasteiger partial charge < -0.3 is 11.1 Å². The van der Waals surface area contributed by atoms with E-state index in [2.05, 4.69) is 42.2 Å². The average molecular weight is 371 g/mol. The van der Waals surface area contributed by atoms with E-state index in [0.717, 1.165) is 4.47 Å². The molecule has 3 N–H and O–H groups in total. The van der Waals surface area contributed by atoms with E-state index in [4.69, 9.17) is 5.73 Å². The van der Waals surface area contributed by atoms with E-state index in [1.807, 2.05) is 12.1 Å². The van der Waals surface area contributed by atoms with Crippen molar-refractivity contribution in [2.75, 3.05) is 11.1 Å². The molecule has 0 aliphatic heterocycles. The molecular formula is C12H9Br2N3O. The van der Waals surface area contributed by atoms with Gasteiger partial charge in [-0.15, -0.1) is 0 Å². The molecule has 0 radical (unpaired) electrons. The number of benzene rings is 1. The second-order valence-corrected chi connectivity index (χ2v) is 5.38. The zero-order chi connectivity index (χ0) is 13.1. The number of nitrogens with two attached hydrogens (primary N) is 1. The zero-order valence-corrected chi connectivity index (χ0v) is 12.3. The lowest BCUT2D eigenvalue weighted by Crippen LogP contribution is -2.14. The number of nitrogens with zero attached hydrogens (tertiary/aromatic N) is 1. The first-order valence-electron chi connectivity index (χ1n) is 5.04. The van der Waals surface area contributed by atoms with Crippen LogP contribution < -0.4 is 11.1 Å². The number of nitrogens with one attached hydrogen (secondary N) is 1. The number of pyridine rings is 1. The molecule has 0 aliphatic rings. The third-order valence-electron chi connectivity index (χ3n) is 2.23. The molecule has 2 rings (SSSR count). The summed E-state index contributed by atoms with van der Waals surface area (Å²) in [7, 11) is 0. The summed E-state index contributed by atoms with van der Waals surface area (Å²) in [6.45, 7) is 0. The zero-order valence-electron chi connectivity index (χ0n) is 9.15. The summed E-state index contributed by atoms with van der Waals surface area (Å²) in [5.41, 5.74) is 6.70. The molecule has 92 valence electrons. The molecule has 0 aliphatic carbocycles. The van der Waals surface area contributed by atoms with Crippen molar-refractivity contribution in [1.82, 2.24) is 4.98 Å². The van der Waals surface area contributed by atoms with Crippen LogP contribution in [0, 0.1) is 0 Å². The molecule has 2 aromatic rings. The molecule has 1 aromatic carbocycles. The molecule has 1 aromatic heterocycles. The monoisotopic (exact) mass is 369 g/mol. The molecule has 4 nitrogen and oxygen atoms in total. The van der Waals surface area contributed by atoms with Crippen molar-refractivity contribution in [2.45, 2.75) is 0 Å². The van der Waals surface area contributed by atoms with Gasteiger partial charge in [-0.3, -0.25) is 4.79 Å². The van der Waals surface area contributed by atoms with Crippen molar-refractivity contribution < 1.29 is 4.79 Å². The quantitative estimate of drug-likeness (QED) is 0.850. The summed E-state index contributed by atoms with van der Waals surface area (Å²) in [6.07, 6.45) is 1.55. The van der Waals surface area contributed by atoms with Gasteiger partial charge in [0.1, 0.15) is 5.82 Å². The van der Waals surface area contributed by atoms with Crippen LogP contribution >= 0.6 is 31.9 Å². The van der Waals surface area contributed by atoms with E-state index in [-0.39, 0.29) is 11.7 Å². The lowest BCUT2D eigenvalue weighted by atomic mass is 10.2. The van der Waals surface area contributed by atoms with Crippen LogP contribution in [0.4, 0.5) is 11.5 Å². The fraction of sp³-hybridized carbons (Fsp3) is 0. The van der Waals surface area contributed by atoms with Crippen molar-refractivity contribution in [3.05, 3.63) is 51.0 Å². The lowest BCUT2D eigenvalue weighted by molar-refractivity contribution is 0.102. The van der Waals surface area contributed by atoms with Crippen molar-refractivity contribution in [2.24, 2.45) is 0 Å². The topological polar surface area (TPSA) is 68.0 Å². The first-order valence-corrected chi connectivity index (χ1v) is 6.63. The van der Waals surface area contributed by atoms with Crippen molar-refractivity contribution in [3.63, 3.8) is 0 Å². The highest BCUT2D eigenvalue weighted by atomic mass is 79.9. The highest BCUT2D eigenvalue weighted by Crippen LogP contribution is 2.18. The second kappa shape index (κ2) is 5.49. The number of carbonyl (C=O) groups is 1. The van der Waals surface area contributed by atoms with E-state index in [1.54, 1.807) is 24.4 Å². The standard InChI is InChI=1S/C12H9Br2N3O/c13-7-1-3-9(4-2-7)17-12(18)10-5-8(14)6-16-11(10)15/h1-6H,(H2,15,16)(H,17,18). The fourth-order valence-corrected chi connectivity index (χ4v) is 1.96. The molecule has 1 amide bonds. The summed E-state index contributed by atoms with van der Waals surface area (Å²) >= 11 is 6.58. The molecule has 0 unspecified atom stereocenters. The molecule has 0 bridgehead atoms. The molecule has 0 saturated heterocycles. The Morgan fingerprint density at radius 2 is 1.83 bits per heavy atom. The van der Waals surface area contributed by atoms with Crippen molar-refractivity contribution in [3.8, 4) is 0 Å². The maximum Gasteiger partial charge on any atom is 0.259 e. The second-order valence-electron chi connectivity index (χ2n) is 3.55. The molecule has 0 fully saturated rings. The van der Waals surface area contributed by atoms with Crippen LogP contribution in [0.1, 0.15) is 10.4 Å². The summed E-state index contributed by atoms with van der Waals surface area (Å²) in [4.78, 5) is 15.9. The van der Waals surface area contributed by atoms with Crippen molar-refractivity contribution >= 4 is 49.3 Å². The Kier molecular flexibility index (Phi) is 3.98. The number of hydrogen-bond donors (Lipinski definition) is 2. The van der Waals surface area contributed by atoms with Crippen LogP contribution in [0.3, 0.4) is 0 Å². The van der Waals surface area contributed by atoms with E-state index in [0.29, 0.717) is 15.7 Å². The minimum atomic E-state index is -0.288. The van der Waals surface area contributed by atoms with Crippen molar-refractivity contribution in [1.29, 1.82) is 0 Å². The third kappa shape index (κ3) is 3.08. The number of rotatable bonds is 2. The predicted molar refractivity (Wildman–Crippen MR) is 78.4 cm³/mol. The van der Waals surface area contributed by atoms with Gasteiger partial charge in [-0.05, 0) is 46.3 Å². The van der Waals surface area contributed by atoms with Gasteiger partial charge >= 0.3 is 0 Å². The summed E-state index contributed by atoms with van der Waals surface area (Å²) < 4.78 is 1.65. The minimum absolute atomic E-state index is 0.202. The first kappa shape index (κ1) is 13.0. The summed E-state index contributed by atoms with van der Waals surface area (Å²) in [6, 6.07) is 8.92. The van der Waals surface area contributed by atoms with Crippen LogP contribution in [-0.2, 0) is 0 Å². The van der Waals surface area contributed by atoms with Gasteiger partial charge in [0, 0.05) is 20.8 Å². The van der Waals surface area contributed by atoms with Gasteiger partial charge in [0.2, 0.25) is 0 Å². The van der Waals surface area contributed by atoms with Gasteiger partial charge in [-0.25, -0.2) is 4.98 Å². The molecule has 0 saturated carbocycles. The number of nitrogen functional groups attached to an aromatic ring is 1. The lowest BCUT2D eigenvalue weighted by Gasteiger charge is -2.07. The SMILES string of the molecule is Nc1ncc(Br)cc1C(=O)Nc1ccc(Br)cc1. The maximum atomic E-state index is 12.0. The normalized spacial score (nSPS) is 10.1. The fourth-order valence-electron chi connectivity index (χ4n) is 1.36. The number of hydrogen-bond acceptors (Lipinski definition) is 3. The average Bonchev–Trinajstić information content (AvgIpc) is 2.35. The Morgan fingerprint density at radius 1 is 1.17 bits per heavy atom. The number of amides is 1. The highest BCUT2D eigenvalue weighted by Gasteiger charge is 2.11. The molecule has 0 atom stereocenters. The number of anilines is 2. The summed E-state index contributed by atoms with van der Waals surface area (Å²) in [5.74, 6) is -0.0866. The van der Waals surface area contributed by atoms with Gasteiger partial charge in [0.05, 0.1) is 5.56 Å². The predicted octanol–water partition coefficient (Wildman–Crippen LogP) is 3.44. The Bertz CT molecular complexity index is 584. The van der Waals surface area contributed by atoms with Crippen LogP contribution in [-0.4, -0.2) is 10.9 Å². The van der Waals surface area contributed by atoms with Crippen LogP contribution in [0.5, 0.6) is 0 Å². The van der Waals surface area contributed by atoms with Crippen LogP contribution in [0.2, 0.25) is 0 Å². The van der Waals surface area contributed by atoms with Crippen LogP contribution in [0.15, 0.2) is 45.5 Å². The van der Waals surface area contributed by atoms with E-state index < -0.39 is 0 Å². The Balaban J connectivity index is 2.21. The van der Waals surface area contributed by atoms with Gasteiger partial charge in [-0.2, -0.15) is 0 Å². The summed E-state index contributed by atoms with van der Waals surface area (Å²) in [5, 5.41) is 2.75. The Labute approximate surface area is 121 Å². The number of carbonyl (C=O) groups excluding carboxylic acids is 1. The third-order valence-corrected chi connectivity index (χ3v) is 3.19. The largest absolute Gasteiger partial charge is 0.383 e.